The van der Waals surface area contributed by atoms with Crippen molar-refractivity contribution >= 4 is 56.5 Å². The summed E-state index contributed by atoms with van der Waals surface area (Å²) in [5.41, 5.74) is -0.413. The standard InChI is InChI=1S/C19H12Cl4O5S/c20-12-3-1-2-10(4-12)19(29(26,27)28,11-5-13(21)7-14(24)6-11)16-8-15(25)9-17(22)18(16)23/h1-9,24-25H,(H,26,27,28). The van der Waals surface area contributed by atoms with Crippen LogP contribution in [0.25, 0.3) is 0 Å². The maximum Gasteiger partial charge on any atom is 0.283 e. The van der Waals surface area contributed by atoms with Crippen molar-refractivity contribution in [2.75, 3.05) is 0 Å². The molecule has 29 heavy (non-hydrogen) atoms. The molecule has 0 bridgehead atoms. The smallest absolute Gasteiger partial charge is 0.283 e. The number of phenolic OH excluding ortho intramolecular Hbond substituents is 2. The molecule has 0 amide bonds. The van der Waals surface area contributed by atoms with Crippen LogP contribution in [0.3, 0.4) is 0 Å². The van der Waals surface area contributed by atoms with Gasteiger partial charge in [-0.15, -0.1) is 0 Å². The van der Waals surface area contributed by atoms with Crippen molar-refractivity contribution in [2.24, 2.45) is 0 Å². The van der Waals surface area contributed by atoms with E-state index < -0.39 is 20.6 Å². The summed E-state index contributed by atoms with van der Waals surface area (Å²) in [5.74, 6) is -0.749. The third kappa shape index (κ3) is 3.89. The molecular formula is C19H12Cl4O5S. The summed E-state index contributed by atoms with van der Waals surface area (Å²) in [4.78, 5) is 0. The molecule has 5 nitrogen and oxygen atoms in total. The number of aromatic hydroxyl groups is 2. The molecule has 0 aliphatic carbocycles. The second kappa shape index (κ2) is 7.87. The van der Waals surface area contributed by atoms with Crippen molar-refractivity contribution in [2.45, 2.75) is 4.75 Å². The summed E-state index contributed by atoms with van der Waals surface area (Å²) in [6.07, 6.45) is 0. The van der Waals surface area contributed by atoms with Gasteiger partial charge in [-0.25, -0.2) is 0 Å². The lowest BCUT2D eigenvalue weighted by Gasteiger charge is -2.33. The van der Waals surface area contributed by atoms with E-state index in [0.717, 1.165) is 18.2 Å². The van der Waals surface area contributed by atoms with Crippen molar-refractivity contribution in [3.63, 3.8) is 0 Å². The molecule has 0 saturated heterocycles. The largest absolute Gasteiger partial charge is 0.508 e. The quantitative estimate of drug-likeness (QED) is 0.311. The van der Waals surface area contributed by atoms with E-state index in [-0.39, 0.29) is 42.5 Å². The topological polar surface area (TPSA) is 94.8 Å². The van der Waals surface area contributed by atoms with Crippen LogP contribution in [0, 0.1) is 0 Å². The number of hydrogen-bond donors (Lipinski definition) is 3. The van der Waals surface area contributed by atoms with Gasteiger partial charge in [0, 0.05) is 21.7 Å². The van der Waals surface area contributed by atoms with E-state index >= 15 is 0 Å². The number of phenols is 2. The average molecular weight is 494 g/mol. The Balaban J connectivity index is 2.63. The van der Waals surface area contributed by atoms with Crippen molar-refractivity contribution in [3.8, 4) is 11.5 Å². The molecule has 10 heteroatoms. The normalized spacial score (nSPS) is 13.8. The Morgan fingerprint density at radius 2 is 1.38 bits per heavy atom. The van der Waals surface area contributed by atoms with E-state index in [4.69, 9.17) is 46.4 Å². The van der Waals surface area contributed by atoms with E-state index in [1.165, 1.54) is 36.4 Å². The summed E-state index contributed by atoms with van der Waals surface area (Å²) in [7, 11) is -5.07. The lowest BCUT2D eigenvalue weighted by atomic mass is 9.83. The maximum atomic E-state index is 13.0. The molecule has 1 atom stereocenters. The first-order valence-electron chi connectivity index (χ1n) is 7.88. The maximum absolute atomic E-state index is 13.0. The fourth-order valence-corrected chi connectivity index (χ4v) is 5.45. The fourth-order valence-electron chi connectivity index (χ4n) is 3.23. The molecule has 0 aliphatic heterocycles. The van der Waals surface area contributed by atoms with Crippen LogP contribution in [0.5, 0.6) is 11.5 Å². The van der Waals surface area contributed by atoms with Gasteiger partial charge in [0.25, 0.3) is 10.1 Å². The molecule has 0 fully saturated rings. The summed E-state index contributed by atoms with van der Waals surface area (Å²) in [6.45, 7) is 0. The molecule has 0 radical (unpaired) electrons. The molecular weight excluding hydrogens is 482 g/mol. The van der Waals surface area contributed by atoms with Crippen LogP contribution in [0.1, 0.15) is 16.7 Å². The van der Waals surface area contributed by atoms with Gasteiger partial charge in [0.15, 0.2) is 4.75 Å². The summed E-state index contributed by atoms with van der Waals surface area (Å²) in [5, 5.41) is 19.9. The molecule has 0 spiro atoms. The first-order chi connectivity index (χ1) is 13.5. The lowest BCUT2D eigenvalue weighted by Crippen LogP contribution is -2.38. The van der Waals surface area contributed by atoms with Crippen molar-refractivity contribution < 1.29 is 23.2 Å². The Morgan fingerprint density at radius 1 is 0.759 bits per heavy atom. The van der Waals surface area contributed by atoms with Crippen molar-refractivity contribution in [1.82, 2.24) is 0 Å². The fraction of sp³-hybridized carbons (Fsp3) is 0.0526. The average Bonchev–Trinajstić information content (AvgIpc) is 2.57. The SMILES string of the molecule is O=S(=O)(O)C(c1cccc(Cl)c1)(c1cc(O)cc(Cl)c1)c1cc(O)cc(Cl)c1Cl. The first-order valence-corrected chi connectivity index (χ1v) is 10.8. The van der Waals surface area contributed by atoms with E-state index in [0.29, 0.717) is 0 Å². The lowest BCUT2D eigenvalue weighted by molar-refractivity contribution is 0.455. The van der Waals surface area contributed by atoms with E-state index in [1.807, 2.05) is 0 Å². The highest BCUT2D eigenvalue weighted by Gasteiger charge is 2.50. The highest BCUT2D eigenvalue weighted by Crippen LogP contribution is 2.50. The Morgan fingerprint density at radius 3 is 1.97 bits per heavy atom. The minimum Gasteiger partial charge on any atom is -0.508 e. The van der Waals surface area contributed by atoms with E-state index in [2.05, 4.69) is 0 Å². The van der Waals surface area contributed by atoms with Gasteiger partial charge in [0.1, 0.15) is 11.5 Å². The zero-order valence-electron chi connectivity index (χ0n) is 14.3. The highest BCUT2D eigenvalue weighted by molar-refractivity contribution is 7.87. The third-order valence-corrected chi connectivity index (χ3v) is 7.02. The van der Waals surface area contributed by atoms with Gasteiger partial charge in [-0.1, -0.05) is 58.5 Å². The first kappa shape index (κ1) is 22.0. The van der Waals surface area contributed by atoms with Crippen LogP contribution >= 0.6 is 46.4 Å². The van der Waals surface area contributed by atoms with Crippen molar-refractivity contribution in [3.05, 3.63) is 91.4 Å². The van der Waals surface area contributed by atoms with Gasteiger partial charge in [-0.05, 0) is 47.5 Å². The van der Waals surface area contributed by atoms with Crippen molar-refractivity contribution in [1.29, 1.82) is 0 Å². The second-order valence-corrected chi connectivity index (χ2v) is 9.37. The molecule has 0 aromatic heterocycles. The zero-order chi connectivity index (χ0) is 21.6. The monoisotopic (exact) mass is 492 g/mol. The summed E-state index contributed by atoms with van der Waals surface area (Å²) >= 11 is 24.5. The Hall–Kier alpha value is -1.67. The van der Waals surface area contributed by atoms with Gasteiger partial charge < -0.3 is 10.2 Å². The highest BCUT2D eigenvalue weighted by atomic mass is 35.5. The molecule has 0 saturated carbocycles. The minimum absolute atomic E-state index is 0.00238. The third-order valence-electron chi connectivity index (χ3n) is 4.30. The van der Waals surface area contributed by atoms with Crippen LogP contribution in [0.4, 0.5) is 0 Å². The molecule has 0 aliphatic rings. The van der Waals surface area contributed by atoms with E-state index in [9.17, 15) is 23.2 Å². The Labute approximate surface area is 186 Å². The number of halogens is 4. The molecule has 3 aromatic carbocycles. The van der Waals surface area contributed by atoms with Gasteiger partial charge in [-0.2, -0.15) is 8.42 Å². The molecule has 3 N–H and O–H groups in total. The van der Waals surface area contributed by atoms with Crippen LogP contribution in [0.15, 0.2) is 54.6 Å². The number of hydrogen-bond acceptors (Lipinski definition) is 4. The number of rotatable bonds is 4. The zero-order valence-corrected chi connectivity index (χ0v) is 18.1. The molecule has 1 unspecified atom stereocenters. The van der Waals surface area contributed by atoms with E-state index in [1.54, 1.807) is 0 Å². The second-order valence-electron chi connectivity index (χ2n) is 6.15. The molecule has 152 valence electrons. The van der Waals surface area contributed by atoms with Crippen LogP contribution in [-0.2, 0) is 14.9 Å². The minimum atomic E-state index is -5.07. The van der Waals surface area contributed by atoms with Gasteiger partial charge in [-0.3, -0.25) is 4.55 Å². The van der Waals surface area contributed by atoms with Crippen LogP contribution in [0.2, 0.25) is 20.1 Å². The Kier molecular flexibility index (Phi) is 5.98. The summed E-state index contributed by atoms with van der Waals surface area (Å²) in [6, 6.07) is 11.4. The number of benzene rings is 3. The van der Waals surface area contributed by atoms with Gasteiger partial charge in [0.2, 0.25) is 0 Å². The Bertz CT molecular complexity index is 1190. The van der Waals surface area contributed by atoms with Gasteiger partial charge >= 0.3 is 0 Å². The van der Waals surface area contributed by atoms with Gasteiger partial charge in [0.05, 0.1) is 10.0 Å². The molecule has 3 rings (SSSR count). The molecule has 0 heterocycles. The van der Waals surface area contributed by atoms with Crippen LogP contribution < -0.4 is 0 Å². The molecule has 3 aromatic rings. The summed E-state index contributed by atoms with van der Waals surface area (Å²) < 4.78 is 34.0. The predicted molar refractivity (Wildman–Crippen MR) is 114 cm³/mol. The van der Waals surface area contributed by atoms with Crippen LogP contribution in [-0.4, -0.2) is 23.2 Å². The predicted octanol–water partition coefficient (Wildman–Crippen LogP) is 5.89.